The van der Waals surface area contributed by atoms with Crippen LogP contribution < -0.4 is 11.1 Å². The highest BCUT2D eigenvalue weighted by Crippen LogP contribution is 2.35. The normalized spacial score (nSPS) is 13.8. The Morgan fingerprint density at radius 1 is 0.569 bits per heavy atom. The van der Waals surface area contributed by atoms with Gasteiger partial charge in [-0.2, -0.15) is 0 Å². The van der Waals surface area contributed by atoms with E-state index in [0.29, 0.717) is 27.5 Å². The third kappa shape index (κ3) is 9.25. The molecule has 3 N–H and O–H groups in total. The summed E-state index contributed by atoms with van der Waals surface area (Å²) in [7, 11) is 0. The van der Waals surface area contributed by atoms with Crippen molar-refractivity contribution < 1.29 is 4.79 Å². The Labute approximate surface area is 348 Å². The Hall–Kier alpha value is -5.97. The average Bonchev–Trinajstić information content (AvgIpc) is 3.25. The zero-order valence-electron chi connectivity index (χ0n) is 31.9. The number of rotatable bonds is 8. The Balaban J connectivity index is 0.000000168. The molecule has 0 atom stereocenters. The zero-order valence-corrected chi connectivity index (χ0v) is 33.4. The van der Waals surface area contributed by atoms with Crippen molar-refractivity contribution in [3.63, 3.8) is 0 Å². The standard InChI is InChI=1S/C27H23ClN4O.C20H19ClN4/c28-23-14-8-7-13-21(23)25-22-18-32(17-19-9-3-1-4-10-19)16-15-24(22)29-27(30-25)31-26(33)20-11-5-2-6-12-20;21-17-9-5-4-8-15(17)19-16-13-25(12-14-6-2-1-3-7-14)11-10-18(16)23-20(22)24-19/h1-14H,15-18H2,(H,29,30,31,33);1-9H,10-13H2,(H2,22,23,24). The maximum absolute atomic E-state index is 12.7. The molecule has 0 spiro atoms. The summed E-state index contributed by atoms with van der Waals surface area (Å²) in [5, 5.41) is 4.18. The molecule has 0 aliphatic carbocycles. The summed E-state index contributed by atoms with van der Waals surface area (Å²) in [4.78, 5) is 36.0. The molecule has 0 fully saturated rings. The molecule has 9 rings (SSSR count). The van der Waals surface area contributed by atoms with Crippen molar-refractivity contribution in [2.45, 2.75) is 39.0 Å². The SMILES string of the molecule is Nc1nc2c(c(-c3ccccc3Cl)n1)CN(Cc1ccccc1)CC2.O=C(Nc1nc2c(c(-c3ccccc3Cl)n1)CN(Cc1ccccc1)CC2)c1ccccc1. The van der Waals surface area contributed by atoms with Crippen LogP contribution in [0, 0.1) is 0 Å². The molecule has 2 aliphatic heterocycles. The highest BCUT2D eigenvalue weighted by atomic mass is 35.5. The highest BCUT2D eigenvalue weighted by molar-refractivity contribution is 6.33. The van der Waals surface area contributed by atoms with E-state index in [9.17, 15) is 4.79 Å². The lowest BCUT2D eigenvalue weighted by Gasteiger charge is -2.30. The van der Waals surface area contributed by atoms with Crippen LogP contribution in [0.25, 0.3) is 22.5 Å². The number of hydrogen-bond donors (Lipinski definition) is 2. The number of hydrogen-bond acceptors (Lipinski definition) is 8. The fourth-order valence-electron chi connectivity index (χ4n) is 7.48. The fourth-order valence-corrected chi connectivity index (χ4v) is 7.93. The first-order valence-electron chi connectivity index (χ1n) is 19.3. The third-order valence-electron chi connectivity index (χ3n) is 10.3. The monoisotopic (exact) mass is 804 g/mol. The molecule has 0 bridgehead atoms. The van der Waals surface area contributed by atoms with Crippen LogP contribution >= 0.6 is 23.2 Å². The lowest BCUT2D eigenvalue weighted by molar-refractivity contribution is 0.102. The van der Waals surface area contributed by atoms with Crippen LogP contribution in [0.1, 0.15) is 44.0 Å². The van der Waals surface area contributed by atoms with Gasteiger partial charge in [0.15, 0.2) is 0 Å². The predicted molar refractivity (Wildman–Crippen MR) is 232 cm³/mol. The number of carbonyl (C=O) groups is 1. The third-order valence-corrected chi connectivity index (χ3v) is 11.0. The number of aromatic nitrogens is 4. The number of nitrogen functional groups attached to an aromatic ring is 1. The van der Waals surface area contributed by atoms with E-state index in [1.165, 1.54) is 11.1 Å². The molecular weight excluding hydrogens is 763 g/mol. The number of nitrogens with zero attached hydrogens (tertiary/aromatic N) is 6. The number of halogens is 2. The lowest BCUT2D eigenvalue weighted by Crippen LogP contribution is -2.32. The van der Waals surface area contributed by atoms with Gasteiger partial charge in [0.05, 0.1) is 22.8 Å². The molecule has 290 valence electrons. The average molecular weight is 806 g/mol. The van der Waals surface area contributed by atoms with Gasteiger partial charge in [0.25, 0.3) is 5.91 Å². The number of carbonyl (C=O) groups excluding carboxylic acids is 1. The van der Waals surface area contributed by atoms with E-state index in [0.717, 1.165) is 97.1 Å². The van der Waals surface area contributed by atoms with Crippen LogP contribution in [0.4, 0.5) is 11.9 Å². The quantitative estimate of drug-likeness (QED) is 0.156. The smallest absolute Gasteiger partial charge is 0.258 e. The maximum atomic E-state index is 12.7. The van der Waals surface area contributed by atoms with Gasteiger partial charge in [-0.15, -0.1) is 0 Å². The van der Waals surface area contributed by atoms with E-state index in [1.807, 2.05) is 78.9 Å². The minimum absolute atomic E-state index is 0.234. The van der Waals surface area contributed by atoms with Gasteiger partial charge in [-0.25, -0.2) is 19.9 Å². The molecular formula is C47H42Cl2N8O. The van der Waals surface area contributed by atoms with E-state index in [4.69, 9.17) is 38.9 Å². The van der Waals surface area contributed by atoms with Crippen LogP contribution in [0.2, 0.25) is 10.0 Å². The zero-order chi connectivity index (χ0) is 39.8. The van der Waals surface area contributed by atoms with Crippen LogP contribution in [-0.4, -0.2) is 48.7 Å². The number of nitrogens with two attached hydrogens (primary N) is 1. The first-order valence-corrected chi connectivity index (χ1v) is 20.1. The van der Waals surface area contributed by atoms with Crippen molar-refractivity contribution in [2.75, 3.05) is 24.1 Å². The van der Waals surface area contributed by atoms with E-state index in [-0.39, 0.29) is 5.91 Å². The van der Waals surface area contributed by atoms with E-state index in [1.54, 1.807) is 12.1 Å². The molecule has 0 unspecified atom stereocenters. The molecule has 0 saturated carbocycles. The summed E-state index contributed by atoms with van der Waals surface area (Å²) < 4.78 is 0. The molecule has 2 aromatic heterocycles. The fraction of sp³-hybridized carbons (Fsp3) is 0.170. The van der Waals surface area contributed by atoms with Gasteiger partial charge in [-0.3, -0.25) is 19.9 Å². The van der Waals surface area contributed by atoms with Gasteiger partial charge in [0.2, 0.25) is 11.9 Å². The van der Waals surface area contributed by atoms with Crippen molar-refractivity contribution >= 4 is 41.0 Å². The number of benzene rings is 5. The largest absolute Gasteiger partial charge is 0.368 e. The maximum Gasteiger partial charge on any atom is 0.258 e. The lowest BCUT2D eigenvalue weighted by atomic mass is 9.98. The predicted octanol–water partition coefficient (Wildman–Crippen LogP) is 9.55. The van der Waals surface area contributed by atoms with Crippen molar-refractivity contribution in [2.24, 2.45) is 0 Å². The van der Waals surface area contributed by atoms with Crippen LogP contribution in [0.5, 0.6) is 0 Å². The number of fused-ring (bicyclic) bond motifs is 2. The van der Waals surface area contributed by atoms with Crippen molar-refractivity contribution in [3.05, 3.63) is 189 Å². The Morgan fingerprint density at radius 2 is 1.02 bits per heavy atom. The molecule has 1 amide bonds. The summed E-state index contributed by atoms with van der Waals surface area (Å²) in [6, 6.07) is 45.5. The van der Waals surface area contributed by atoms with Crippen LogP contribution in [0.15, 0.2) is 140 Å². The van der Waals surface area contributed by atoms with Gasteiger partial charge in [-0.1, -0.05) is 138 Å². The summed E-state index contributed by atoms with van der Waals surface area (Å²) >= 11 is 13.0. The van der Waals surface area contributed by atoms with E-state index in [2.05, 4.69) is 73.6 Å². The minimum atomic E-state index is -0.234. The second kappa shape index (κ2) is 18.1. The van der Waals surface area contributed by atoms with Crippen LogP contribution in [-0.2, 0) is 39.0 Å². The number of amides is 1. The summed E-state index contributed by atoms with van der Waals surface area (Å²) in [5.74, 6) is 0.376. The van der Waals surface area contributed by atoms with Gasteiger partial charge in [0.1, 0.15) is 0 Å². The molecule has 58 heavy (non-hydrogen) atoms. The first kappa shape index (κ1) is 38.9. The number of nitrogens with one attached hydrogen (secondary N) is 1. The summed E-state index contributed by atoms with van der Waals surface area (Å²) in [6.45, 7) is 5.12. The van der Waals surface area contributed by atoms with Gasteiger partial charge in [0, 0.05) is 90.0 Å². The molecule has 0 radical (unpaired) electrons. The Morgan fingerprint density at radius 3 is 1.53 bits per heavy atom. The van der Waals surface area contributed by atoms with E-state index < -0.39 is 0 Å². The van der Waals surface area contributed by atoms with Gasteiger partial charge >= 0.3 is 0 Å². The minimum Gasteiger partial charge on any atom is -0.368 e. The Bertz CT molecular complexity index is 2520. The van der Waals surface area contributed by atoms with Gasteiger partial charge in [-0.05, 0) is 35.4 Å². The molecule has 2 aliphatic rings. The Kier molecular flexibility index (Phi) is 12.1. The van der Waals surface area contributed by atoms with Crippen molar-refractivity contribution in [1.29, 1.82) is 0 Å². The molecule has 9 nitrogen and oxygen atoms in total. The van der Waals surface area contributed by atoms with Crippen molar-refractivity contribution in [3.8, 4) is 22.5 Å². The topological polar surface area (TPSA) is 113 Å². The second-order valence-electron chi connectivity index (χ2n) is 14.3. The van der Waals surface area contributed by atoms with Crippen LogP contribution in [0.3, 0.4) is 0 Å². The molecule has 4 heterocycles. The van der Waals surface area contributed by atoms with Gasteiger partial charge < -0.3 is 5.73 Å². The second-order valence-corrected chi connectivity index (χ2v) is 15.2. The molecule has 0 saturated heterocycles. The molecule has 5 aromatic carbocycles. The number of anilines is 2. The first-order chi connectivity index (χ1) is 28.4. The highest BCUT2D eigenvalue weighted by Gasteiger charge is 2.26. The van der Waals surface area contributed by atoms with Crippen molar-refractivity contribution in [1.82, 2.24) is 29.7 Å². The van der Waals surface area contributed by atoms with E-state index >= 15 is 0 Å². The molecule has 7 aromatic rings. The summed E-state index contributed by atoms with van der Waals surface area (Å²) in [5.41, 5.74) is 16.6. The summed E-state index contributed by atoms with van der Waals surface area (Å²) in [6.07, 6.45) is 1.64. The molecule has 11 heteroatoms.